The third-order valence-corrected chi connectivity index (χ3v) is 4.52. The van der Waals surface area contributed by atoms with Crippen LogP contribution in [0.25, 0.3) is 0 Å². The molecule has 2 amide bonds. The Bertz CT molecular complexity index is 491. The lowest BCUT2D eigenvalue weighted by molar-refractivity contribution is 0.189. The standard InChI is InChI=1S/C17H25N3O2/c1-22-16-6-4-15(5-7-16)19-17(21)20-10-8-14(9-11-20)18-12-13-2-3-13/h4-7,13-14,18H,2-3,8-12H2,1H3,(H,19,21). The molecule has 1 aromatic carbocycles. The maximum Gasteiger partial charge on any atom is 0.321 e. The monoisotopic (exact) mass is 303 g/mol. The molecule has 1 saturated carbocycles. The molecule has 5 heteroatoms. The van der Waals surface area contributed by atoms with E-state index in [1.165, 1.54) is 12.8 Å². The first-order valence-corrected chi connectivity index (χ1v) is 8.18. The Morgan fingerprint density at radius 2 is 1.86 bits per heavy atom. The second-order valence-electron chi connectivity index (χ2n) is 6.27. The molecule has 1 saturated heterocycles. The lowest BCUT2D eigenvalue weighted by Crippen LogP contribution is -2.46. The number of urea groups is 1. The Hall–Kier alpha value is -1.75. The summed E-state index contributed by atoms with van der Waals surface area (Å²) in [5.74, 6) is 1.71. The van der Waals surface area contributed by atoms with Gasteiger partial charge in [0.2, 0.25) is 0 Å². The SMILES string of the molecule is COc1ccc(NC(=O)N2CCC(NCC3CC3)CC2)cc1. The number of piperidine rings is 1. The summed E-state index contributed by atoms with van der Waals surface area (Å²) in [6, 6.07) is 7.99. The number of amides is 2. The summed E-state index contributed by atoms with van der Waals surface area (Å²) in [5.41, 5.74) is 0.805. The number of carbonyl (C=O) groups is 1. The van der Waals surface area contributed by atoms with Crippen molar-refractivity contribution in [2.45, 2.75) is 31.7 Å². The first kappa shape index (κ1) is 15.2. The van der Waals surface area contributed by atoms with Gasteiger partial charge in [-0.25, -0.2) is 4.79 Å². The lowest BCUT2D eigenvalue weighted by Gasteiger charge is -2.32. The Morgan fingerprint density at radius 1 is 1.18 bits per heavy atom. The number of methoxy groups -OCH3 is 1. The summed E-state index contributed by atoms with van der Waals surface area (Å²) in [5, 5.41) is 6.58. The molecule has 1 aliphatic carbocycles. The van der Waals surface area contributed by atoms with Gasteiger partial charge in [0.05, 0.1) is 7.11 Å². The van der Waals surface area contributed by atoms with E-state index in [2.05, 4.69) is 10.6 Å². The van der Waals surface area contributed by atoms with Crippen molar-refractivity contribution in [2.24, 2.45) is 5.92 Å². The largest absolute Gasteiger partial charge is 0.497 e. The lowest BCUT2D eigenvalue weighted by atomic mass is 10.1. The van der Waals surface area contributed by atoms with E-state index < -0.39 is 0 Å². The summed E-state index contributed by atoms with van der Waals surface area (Å²) in [7, 11) is 1.63. The third kappa shape index (κ3) is 4.13. The number of rotatable bonds is 5. The zero-order valence-corrected chi connectivity index (χ0v) is 13.2. The quantitative estimate of drug-likeness (QED) is 0.879. The Labute approximate surface area is 132 Å². The van der Waals surface area contributed by atoms with Crippen molar-refractivity contribution >= 4 is 11.7 Å². The van der Waals surface area contributed by atoms with Gasteiger partial charge in [-0.1, -0.05) is 0 Å². The van der Waals surface area contributed by atoms with E-state index in [-0.39, 0.29) is 6.03 Å². The molecule has 3 rings (SSSR count). The summed E-state index contributed by atoms with van der Waals surface area (Å²) in [6.45, 7) is 2.80. The van der Waals surface area contributed by atoms with E-state index in [1.807, 2.05) is 29.2 Å². The average Bonchev–Trinajstić information content (AvgIpc) is 3.38. The van der Waals surface area contributed by atoms with E-state index in [4.69, 9.17) is 4.74 Å². The highest BCUT2D eigenvalue weighted by Crippen LogP contribution is 2.28. The molecule has 2 N–H and O–H groups in total. The van der Waals surface area contributed by atoms with Gasteiger partial charge in [-0.15, -0.1) is 0 Å². The van der Waals surface area contributed by atoms with Gasteiger partial charge in [-0.3, -0.25) is 0 Å². The number of carbonyl (C=O) groups excluding carboxylic acids is 1. The van der Waals surface area contributed by atoms with Crippen molar-refractivity contribution in [1.82, 2.24) is 10.2 Å². The van der Waals surface area contributed by atoms with Gasteiger partial charge in [0.1, 0.15) is 5.75 Å². The second kappa shape index (κ2) is 7.01. The number of hydrogen-bond donors (Lipinski definition) is 2. The summed E-state index contributed by atoms with van der Waals surface area (Å²) in [6.07, 6.45) is 4.86. The topological polar surface area (TPSA) is 53.6 Å². The van der Waals surface area contributed by atoms with Gasteiger partial charge in [-0.2, -0.15) is 0 Å². The van der Waals surface area contributed by atoms with E-state index in [0.717, 1.165) is 49.8 Å². The molecule has 1 heterocycles. The van der Waals surface area contributed by atoms with Crippen LogP contribution in [0.1, 0.15) is 25.7 Å². The van der Waals surface area contributed by atoms with Crippen LogP contribution in [-0.4, -0.2) is 43.7 Å². The van der Waals surface area contributed by atoms with Crippen molar-refractivity contribution < 1.29 is 9.53 Å². The van der Waals surface area contributed by atoms with Crippen LogP contribution in [0.2, 0.25) is 0 Å². The van der Waals surface area contributed by atoms with Crippen LogP contribution in [0.3, 0.4) is 0 Å². The van der Waals surface area contributed by atoms with Crippen LogP contribution >= 0.6 is 0 Å². The van der Waals surface area contributed by atoms with Gasteiger partial charge < -0.3 is 20.3 Å². The minimum atomic E-state index is -0.00851. The van der Waals surface area contributed by atoms with Crippen molar-refractivity contribution in [3.8, 4) is 5.75 Å². The van der Waals surface area contributed by atoms with E-state index >= 15 is 0 Å². The molecule has 5 nitrogen and oxygen atoms in total. The smallest absolute Gasteiger partial charge is 0.321 e. The molecular weight excluding hydrogens is 278 g/mol. The molecule has 120 valence electrons. The summed E-state index contributed by atoms with van der Waals surface area (Å²) < 4.78 is 5.12. The van der Waals surface area contributed by atoms with Crippen LogP contribution in [0.5, 0.6) is 5.75 Å². The van der Waals surface area contributed by atoms with Crippen molar-refractivity contribution in [3.63, 3.8) is 0 Å². The maximum atomic E-state index is 12.3. The Kier molecular flexibility index (Phi) is 4.83. The molecule has 0 unspecified atom stereocenters. The summed E-state index contributed by atoms with van der Waals surface area (Å²) in [4.78, 5) is 14.2. The number of anilines is 1. The van der Waals surface area contributed by atoms with Crippen molar-refractivity contribution in [1.29, 1.82) is 0 Å². The van der Waals surface area contributed by atoms with Gasteiger partial charge in [-0.05, 0) is 62.4 Å². The minimum absolute atomic E-state index is 0.00851. The second-order valence-corrected chi connectivity index (χ2v) is 6.27. The zero-order valence-electron chi connectivity index (χ0n) is 13.2. The highest BCUT2D eigenvalue weighted by Gasteiger charge is 2.25. The van der Waals surface area contributed by atoms with Crippen molar-refractivity contribution in [2.75, 3.05) is 32.1 Å². The molecule has 2 aliphatic rings. The molecule has 22 heavy (non-hydrogen) atoms. The third-order valence-electron chi connectivity index (χ3n) is 4.52. The number of hydrogen-bond acceptors (Lipinski definition) is 3. The van der Waals surface area contributed by atoms with E-state index in [1.54, 1.807) is 7.11 Å². The molecule has 0 radical (unpaired) electrons. The highest BCUT2D eigenvalue weighted by molar-refractivity contribution is 5.89. The molecule has 1 aromatic rings. The van der Waals surface area contributed by atoms with Gasteiger partial charge in [0.15, 0.2) is 0 Å². The van der Waals surface area contributed by atoms with Gasteiger partial charge >= 0.3 is 6.03 Å². The molecule has 0 aromatic heterocycles. The number of nitrogens with one attached hydrogen (secondary N) is 2. The molecule has 0 atom stereocenters. The molecular formula is C17H25N3O2. The van der Waals surface area contributed by atoms with Crippen LogP contribution in [0, 0.1) is 5.92 Å². The first-order valence-electron chi connectivity index (χ1n) is 8.18. The fourth-order valence-corrected chi connectivity index (χ4v) is 2.82. The fourth-order valence-electron chi connectivity index (χ4n) is 2.82. The van der Waals surface area contributed by atoms with Crippen LogP contribution < -0.4 is 15.4 Å². The van der Waals surface area contributed by atoms with E-state index in [9.17, 15) is 4.79 Å². The predicted molar refractivity (Wildman–Crippen MR) is 87.3 cm³/mol. The number of nitrogens with zero attached hydrogens (tertiary/aromatic N) is 1. The molecule has 0 bridgehead atoms. The van der Waals surface area contributed by atoms with Gasteiger partial charge in [0.25, 0.3) is 0 Å². The van der Waals surface area contributed by atoms with Crippen molar-refractivity contribution in [3.05, 3.63) is 24.3 Å². The minimum Gasteiger partial charge on any atom is -0.497 e. The predicted octanol–water partition coefficient (Wildman–Crippen LogP) is 2.69. The summed E-state index contributed by atoms with van der Waals surface area (Å²) >= 11 is 0. The Balaban J connectivity index is 1.42. The normalized spacial score (nSPS) is 19.0. The zero-order chi connectivity index (χ0) is 15.4. The van der Waals surface area contributed by atoms with Crippen LogP contribution in [0.15, 0.2) is 24.3 Å². The van der Waals surface area contributed by atoms with E-state index in [0.29, 0.717) is 6.04 Å². The van der Waals surface area contributed by atoms with Crippen LogP contribution in [-0.2, 0) is 0 Å². The molecule has 2 fully saturated rings. The fraction of sp³-hybridized carbons (Fsp3) is 0.588. The molecule has 1 aliphatic heterocycles. The number of likely N-dealkylation sites (tertiary alicyclic amines) is 1. The maximum absolute atomic E-state index is 12.3. The average molecular weight is 303 g/mol. The first-order chi connectivity index (χ1) is 10.7. The Morgan fingerprint density at radius 3 is 2.45 bits per heavy atom. The van der Waals surface area contributed by atoms with Gasteiger partial charge in [0, 0.05) is 24.8 Å². The number of benzene rings is 1. The number of ether oxygens (including phenoxy) is 1. The van der Waals surface area contributed by atoms with Crippen LogP contribution in [0.4, 0.5) is 10.5 Å². The highest BCUT2D eigenvalue weighted by atomic mass is 16.5. The molecule has 0 spiro atoms.